The highest BCUT2D eigenvalue weighted by Gasteiger charge is 2.35. The molecule has 1 aromatic carbocycles. The second-order valence-corrected chi connectivity index (χ2v) is 3.50. The number of ketones is 1. The average Bonchev–Trinajstić information content (AvgIpc) is 2.27. The fourth-order valence-electron chi connectivity index (χ4n) is 1.14. The molecule has 0 atom stereocenters. The maximum atomic E-state index is 12.8. The van der Waals surface area contributed by atoms with Crippen LogP contribution in [0.1, 0.15) is 12.5 Å². The Morgan fingerprint density at radius 2 is 1.84 bits per heavy atom. The molecule has 1 rings (SSSR count). The van der Waals surface area contributed by atoms with Gasteiger partial charge in [0.2, 0.25) is 0 Å². The summed E-state index contributed by atoms with van der Waals surface area (Å²) in [7, 11) is 0. The maximum absolute atomic E-state index is 12.8. The van der Waals surface area contributed by atoms with Crippen molar-refractivity contribution in [2.75, 3.05) is 0 Å². The van der Waals surface area contributed by atoms with E-state index in [1.165, 1.54) is 0 Å². The van der Waals surface area contributed by atoms with E-state index in [2.05, 4.69) is 4.74 Å². The molecule has 0 aromatic heterocycles. The van der Waals surface area contributed by atoms with Crippen molar-refractivity contribution >= 4 is 11.8 Å². The first-order chi connectivity index (χ1) is 8.70. The zero-order chi connectivity index (χ0) is 14.6. The molecule has 1 aromatic rings. The average molecular weight is 276 g/mol. The molecule has 0 heterocycles. The standard InChI is InChI=1S/C12H8F4O3/c1-7(17)2-5-11(18)19-10-4-3-8(13)6-9(10)12(14,15)16/h2-6H,1H3. The molecule has 0 aliphatic carbocycles. The maximum Gasteiger partial charge on any atom is 0.420 e. The van der Waals surface area contributed by atoms with Crippen LogP contribution in [0, 0.1) is 5.82 Å². The first-order valence-corrected chi connectivity index (χ1v) is 4.97. The van der Waals surface area contributed by atoms with Crippen molar-refractivity contribution in [1.82, 2.24) is 0 Å². The number of ether oxygens (including phenoxy) is 1. The van der Waals surface area contributed by atoms with E-state index in [9.17, 15) is 27.2 Å². The third-order valence-electron chi connectivity index (χ3n) is 1.91. The summed E-state index contributed by atoms with van der Waals surface area (Å²) >= 11 is 0. The molecule has 7 heteroatoms. The number of carbonyl (C=O) groups is 2. The summed E-state index contributed by atoms with van der Waals surface area (Å²) in [5.74, 6) is -3.56. The SMILES string of the molecule is CC(=O)C=CC(=O)Oc1ccc(F)cc1C(F)(F)F. The number of alkyl halides is 3. The molecule has 3 nitrogen and oxygen atoms in total. The normalized spacial score (nSPS) is 11.6. The van der Waals surface area contributed by atoms with Gasteiger partial charge in [-0.25, -0.2) is 9.18 Å². The van der Waals surface area contributed by atoms with Gasteiger partial charge in [-0.3, -0.25) is 4.79 Å². The van der Waals surface area contributed by atoms with E-state index < -0.39 is 35.1 Å². The van der Waals surface area contributed by atoms with Gasteiger partial charge >= 0.3 is 12.1 Å². The predicted octanol–water partition coefficient (Wildman–Crippen LogP) is 2.90. The topological polar surface area (TPSA) is 43.4 Å². The van der Waals surface area contributed by atoms with E-state index >= 15 is 0 Å². The predicted molar refractivity (Wildman–Crippen MR) is 56.9 cm³/mol. The summed E-state index contributed by atoms with van der Waals surface area (Å²) in [4.78, 5) is 21.7. The lowest BCUT2D eigenvalue weighted by Crippen LogP contribution is -2.12. The Morgan fingerprint density at radius 1 is 1.21 bits per heavy atom. The first kappa shape index (κ1) is 14.9. The van der Waals surface area contributed by atoms with Gasteiger partial charge in [0, 0.05) is 6.08 Å². The van der Waals surface area contributed by atoms with Crippen LogP contribution < -0.4 is 4.74 Å². The van der Waals surface area contributed by atoms with Crippen LogP contribution in [-0.2, 0) is 15.8 Å². The summed E-state index contributed by atoms with van der Waals surface area (Å²) in [6.45, 7) is 1.16. The van der Waals surface area contributed by atoms with E-state index in [0.29, 0.717) is 12.1 Å². The van der Waals surface area contributed by atoms with Crippen molar-refractivity contribution < 1.29 is 31.9 Å². The number of hydrogen-bond donors (Lipinski definition) is 0. The Morgan fingerprint density at radius 3 is 2.37 bits per heavy atom. The molecule has 0 aliphatic heterocycles. The minimum Gasteiger partial charge on any atom is -0.423 e. The number of benzene rings is 1. The van der Waals surface area contributed by atoms with E-state index in [-0.39, 0.29) is 6.07 Å². The van der Waals surface area contributed by atoms with Crippen LogP contribution >= 0.6 is 0 Å². The molecule has 0 fully saturated rings. The summed E-state index contributed by atoms with van der Waals surface area (Å²) in [5, 5.41) is 0. The molecule has 19 heavy (non-hydrogen) atoms. The van der Waals surface area contributed by atoms with Gasteiger partial charge in [0.25, 0.3) is 0 Å². The van der Waals surface area contributed by atoms with Gasteiger partial charge in [0.15, 0.2) is 5.78 Å². The lowest BCUT2D eigenvalue weighted by molar-refractivity contribution is -0.141. The Hall–Kier alpha value is -2.18. The second kappa shape index (κ2) is 5.64. The molecule has 0 saturated carbocycles. The van der Waals surface area contributed by atoms with Crippen molar-refractivity contribution in [3.8, 4) is 5.75 Å². The van der Waals surface area contributed by atoms with Crippen LogP contribution in [0.15, 0.2) is 30.4 Å². The highest BCUT2D eigenvalue weighted by Crippen LogP contribution is 2.36. The van der Waals surface area contributed by atoms with Crippen molar-refractivity contribution in [2.45, 2.75) is 13.1 Å². The van der Waals surface area contributed by atoms with E-state index in [4.69, 9.17) is 0 Å². The van der Waals surface area contributed by atoms with Crippen LogP contribution in [0.3, 0.4) is 0 Å². The summed E-state index contributed by atoms with van der Waals surface area (Å²) in [6, 6.07) is 1.64. The number of hydrogen-bond acceptors (Lipinski definition) is 3. The van der Waals surface area contributed by atoms with Gasteiger partial charge in [-0.1, -0.05) is 0 Å². The fourth-order valence-corrected chi connectivity index (χ4v) is 1.14. The third-order valence-corrected chi connectivity index (χ3v) is 1.91. The van der Waals surface area contributed by atoms with Crippen molar-refractivity contribution in [3.63, 3.8) is 0 Å². The van der Waals surface area contributed by atoms with Crippen molar-refractivity contribution in [1.29, 1.82) is 0 Å². The molecular formula is C12H8F4O3. The number of esters is 1. The lowest BCUT2D eigenvalue weighted by atomic mass is 10.2. The molecule has 0 amide bonds. The third kappa shape index (κ3) is 4.53. The Kier molecular flexibility index (Phi) is 4.42. The number of halogens is 4. The smallest absolute Gasteiger partial charge is 0.420 e. The number of carbonyl (C=O) groups excluding carboxylic acids is 2. The molecule has 0 aliphatic rings. The van der Waals surface area contributed by atoms with E-state index in [1.807, 2.05) is 0 Å². The summed E-state index contributed by atoms with van der Waals surface area (Å²) in [6.07, 6.45) is -3.33. The van der Waals surface area contributed by atoms with Gasteiger partial charge in [0.1, 0.15) is 17.1 Å². The van der Waals surface area contributed by atoms with Gasteiger partial charge in [0.05, 0.1) is 0 Å². The van der Waals surface area contributed by atoms with Crippen LogP contribution in [0.4, 0.5) is 17.6 Å². The van der Waals surface area contributed by atoms with Crippen LogP contribution in [0.2, 0.25) is 0 Å². The lowest BCUT2D eigenvalue weighted by Gasteiger charge is -2.11. The van der Waals surface area contributed by atoms with Gasteiger partial charge in [-0.05, 0) is 31.2 Å². The monoisotopic (exact) mass is 276 g/mol. The van der Waals surface area contributed by atoms with E-state index in [0.717, 1.165) is 19.1 Å². The van der Waals surface area contributed by atoms with Crippen molar-refractivity contribution in [2.24, 2.45) is 0 Å². The minimum atomic E-state index is -4.86. The highest BCUT2D eigenvalue weighted by atomic mass is 19.4. The molecule has 0 saturated heterocycles. The van der Waals surface area contributed by atoms with Crippen LogP contribution in [0.5, 0.6) is 5.75 Å². The zero-order valence-corrected chi connectivity index (χ0v) is 9.62. The molecule has 0 spiro atoms. The molecular weight excluding hydrogens is 268 g/mol. The van der Waals surface area contributed by atoms with Crippen LogP contribution in [0.25, 0.3) is 0 Å². The molecule has 102 valence electrons. The number of rotatable bonds is 3. The Bertz CT molecular complexity index is 532. The fraction of sp³-hybridized carbons (Fsp3) is 0.167. The zero-order valence-electron chi connectivity index (χ0n) is 9.62. The van der Waals surface area contributed by atoms with Gasteiger partial charge < -0.3 is 4.74 Å². The van der Waals surface area contributed by atoms with Crippen molar-refractivity contribution in [3.05, 3.63) is 41.7 Å². The molecule has 0 radical (unpaired) electrons. The summed E-state index contributed by atoms with van der Waals surface area (Å²) in [5.41, 5.74) is -1.41. The molecule has 0 N–H and O–H groups in total. The molecule has 0 unspecified atom stereocenters. The minimum absolute atomic E-state index is 0.220. The van der Waals surface area contributed by atoms with Crippen LogP contribution in [-0.4, -0.2) is 11.8 Å². The van der Waals surface area contributed by atoms with Gasteiger partial charge in [-0.15, -0.1) is 0 Å². The van der Waals surface area contributed by atoms with Gasteiger partial charge in [-0.2, -0.15) is 13.2 Å². The Labute approximate surface area is 105 Å². The Balaban J connectivity index is 3.02. The summed E-state index contributed by atoms with van der Waals surface area (Å²) < 4.78 is 54.9. The van der Waals surface area contributed by atoms with E-state index in [1.54, 1.807) is 0 Å². The first-order valence-electron chi connectivity index (χ1n) is 4.97. The highest BCUT2D eigenvalue weighted by molar-refractivity contribution is 5.95. The largest absolute Gasteiger partial charge is 0.423 e. The quantitative estimate of drug-likeness (QED) is 0.369. The number of allylic oxidation sites excluding steroid dienone is 1. The second-order valence-electron chi connectivity index (χ2n) is 3.50. The molecule has 0 bridgehead atoms.